The van der Waals surface area contributed by atoms with Gasteiger partial charge in [-0.2, -0.15) is 0 Å². The van der Waals surface area contributed by atoms with E-state index in [1.807, 2.05) is 6.92 Å². The molecule has 1 heterocycles. The predicted molar refractivity (Wildman–Crippen MR) is 82.7 cm³/mol. The first-order chi connectivity index (χ1) is 9.61. The van der Waals surface area contributed by atoms with Crippen LogP contribution >= 0.6 is 12.4 Å². The molecule has 1 aliphatic rings. The Bertz CT molecular complexity index is 479. The molecule has 0 aliphatic carbocycles. The normalized spacial score (nSPS) is 19.3. The standard InChI is InChI=1S/C15H21FN2O2.ClH/c1-10(11-4-3-7-17-9-11)18-15(19)13-6-5-12(20-2)8-14(13)16;/h5-6,8,10-11,17H,3-4,7,9H2,1-2H3,(H,18,19);1H. The Balaban J connectivity index is 0.00000220. The van der Waals surface area contributed by atoms with E-state index in [4.69, 9.17) is 4.74 Å². The average Bonchev–Trinajstić information content (AvgIpc) is 2.47. The van der Waals surface area contributed by atoms with Crippen LogP contribution in [0.25, 0.3) is 0 Å². The summed E-state index contributed by atoms with van der Waals surface area (Å²) in [5.41, 5.74) is 0.0569. The number of nitrogens with one attached hydrogen (secondary N) is 2. The Morgan fingerprint density at radius 2 is 2.29 bits per heavy atom. The highest BCUT2D eigenvalue weighted by Crippen LogP contribution is 2.18. The van der Waals surface area contributed by atoms with Crippen LogP contribution < -0.4 is 15.4 Å². The highest BCUT2D eigenvalue weighted by Gasteiger charge is 2.22. The summed E-state index contributed by atoms with van der Waals surface area (Å²) < 4.78 is 18.8. The van der Waals surface area contributed by atoms with E-state index in [9.17, 15) is 9.18 Å². The minimum Gasteiger partial charge on any atom is -0.497 e. The van der Waals surface area contributed by atoms with Crippen molar-refractivity contribution in [1.29, 1.82) is 0 Å². The van der Waals surface area contributed by atoms with Crippen molar-refractivity contribution in [2.45, 2.75) is 25.8 Å². The van der Waals surface area contributed by atoms with Crippen LogP contribution in [0, 0.1) is 11.7 Å². The van der Waals surface area contributed by atoms with Gasteiger partial charge in [0.1, 0.15) is 11.6 Å². The Kier molecular flexibility index (Phi) is 6.92. The Morgan fingerprint density at radius 3 is 2.86 bits per heavy atom. The molecule has 21 heavy (non-hydrogen) atoms. The summed E-state index contributed by atoms with van der Waals surface area (Å²) in [6.45, 7) is 3.90. The number of hydrogen-bond acceptors (Lipinski definition) is 3. The zero-order chi connectivity index (χ0) is 14.5. The van der Waals surface area contributed by atoms with Crippen LogP contribution in [0.2, 0.25) is 0 Å². The average molecular weight is 317 g/mol. The first-order valence-electron chi connectivity index (χ1n) is 6.97. The third kappa shape index (κ3) is 4.58. The molecule has 1 amide bonds. The topological polar surface area (TPSA) is 50.4 Å². The first kappa shape index (κ1) is 17.7. The van der Waals surface area contributed by atoms with Crippen molar-refractivity contribution in [2.24, 2.45) is 5.92 Å². The van der Waals surface area contributed by atoms with Gasteiger partial charge < -0.3 is 15.4 Å². The van der Waals surface area contributed by atoms with Gasteiger partial charge in [-0.3, -0.25) is 4.79 Å². The van der Waals surface area contributed by atoms with E-state index in [1.54, 1.807) is 6.07 Å². The highest BCUT2D eigenvalue weighted by atomic mass is 35.5. The molecule has 6 heteroatoms. The van der Waals surface area contributed by atoms with Crippen LogP contribution in [0.4, 0.5) is 4.39 Å². The molecule has 0 radical (unpaired) electrons. The van der Waals surface area contributed by atoms with Gasteiger partial charge in [0.2, 0.25) is 0 Å². The van der Waals surface area contributed by atoms with Crippen molar-refractivity contribution < 1.29 is 13.9 Å². The Labute approximate surface area is 130 Å². The molecule has 1 aromatic carbocycles. The van der Waals surface area contributed by atoms with E-state index in [0.717, 1.165) is 25.9 Å². The number of halogens is 2. The predicted octanol–water partition coefficient (Wildman–Crippen LogP) is 2.37. The summed E-state index contributed by atoms with van der Waals surface area (Å²) in [7, 11) is 1.46. The molecule has 2 unspecified atom stereocenters. The molecule has 2 atom stereocenters. The molecule has 0 saturated carbocycles. The third-order valence-corrected chi connectivity index (χ3v) is 3.82. The van der Waals surface area contributed by atoms with Gasteiger partial charge in [0, 0.05) is 12.1 Å². The van der Waals surface area contributed by atoms with Gasteiger partial charge in [0.15, 0.2) is 0 Å². The Morgan fingerprint density at radius 1 is 1.52 bits per heavy atom. The summed E-state index contributed by atoms with van der Waals surface area (Å²) in [4.78, 5) is 12.1. The van der Waals surface area contributed by atoms with Crippen LogP contribution in [0.5, 0.6) is 5.75 Å². The lowest BCUT2D eigenvalue weighted by molar-refractivity contribution is 0.0918. The number of piperidine rings is 1. The zero-order valence-electron chi connectivity index (χ0n) is 12.3. The molecule has 1 aliphatic heterocycles. The van der Waals surface area contributed by atoms with E-state index in [2.05, 4.69) is 10.6 Å². The van der Waals surface area contributed by atoms with Crippen molar-refractivity contribution in [3.8, 4) is 5.75 Å². The fraction of sp³-hybridized carbons (Fsp3) is 0.533. The van der Waals surface area contributed by atoms with Gasteiger partial charge in [-0.25, -0.2) is 4.39 Å². The molecule has 4 nitrogen and oxygen atoms in total. The minimum absolute atomic E-state index is 0. The number of rotatable bonds is 4. The first-order valence-corrected chi connectivity index (χ1v) is 6.97. The molecule has 1 aromatic rings. The molecule has 2 rings (SSSR count). The fourth-order valence-corrected chi connectivity index (χ4v) is 2.51. The van der Waals surface area contributed by atoms with Gasteiger partial charge in [-0.05, 0) is 50.9 Å². The number of amides is 1. The van der Waals surface area contributed by atoms with E-state index in [0.29, 0.717) is 11.7 Å². The van der Waals surface area contributed by atoms with E-state index in [-0.39, 0.29) is 29.9 Å². The van der Waals surface area contributed by atoms with Crippen molar-refractivity contribution in [3.05, 3.63) is 29.6 Å². The van der Waals surface area contributed by atoms with Gasteiger partial charge in [0.05, 0.1) is 12.7 Å². The summed E-state index contributed by atoms with van der Waals surface area (Å²) in [6, 6.07) is 4.29. The molecule has 1 fully saturated rings. The second kappa shape index (κ2) is 8.20. The molecule has 1 saturated heterocycles. The van der Waals surface area contributed by atoms with Crippen LogP contribution in [-0.4, -0.2) is 32.1 Å². The van der Waals surface area contributed by atoms with Crippen LogP contribution in [0.3, 0.4) is 0 Å². The van der Waals surface area contributed by atoms with Crippen LogP contribution in [0.1, 0.15) is 30.1 Å². The lowest BCUT2D eigenvalue weighted by Gasteiger charge is -2.29. The van der Waals surface area contributed by atoms with E-state index >= 15 is 0 Å². The van der Waals surface area contributed by atoms with Gasteiger partial charge >= 0.3 is 0 Å². The van der Waals surface area contributed by atoms with Crippen molar-refractivity contribution in [2.75, 3.05) is 20.2 Å². The smallest absolute Gasteiger partial charge is 0.254 e. The maximum absolute atomic E-state index is 13.8. The van der Waals surface area contributed by atoms with Gasteiger partial charge in [-0.1, -0.05) is 0 Å². The molecule has 118 valence electrons. The summed E-state index contributed by atoms with van der Waals surface area (Å²) >= 11 is 0. The number of benzene rings is 1. The maximum Gasteiger partial charge on any atom is 0.254 e. The molecular formula is C15H22ClFN2O2. The lowest BCUT2D eigenvalue weighted by atomic mass is 9.92. The number of carbonyl (C=O) groups is 1. The molecule has 0 bridgehead atoms. The largest absolute Gasteiger partial charge is 0.497 e. The lowest BCUT2D eigenvalue weighted by Crippen LogP contribution is -2.44. The molecule has 0 aromatic heterocycles. The number of carbonyl (C=O) groups excluding carboxylic acids is 1. The summed E-state index contributed by atoms with van der Waals surface area (Å²) in [5.74, 6) is -0.128. The second-order valence-corrected chi connectivity index (χ2v) is 5.21. The summed E-state index contributed by atoms with van der Waals surface area (Å²) in [5, 5.41) is 6.20. The van der Waals surface area contributed by atoms with Gasteiger partial charge in [-0.15, -0.1) is 12.4 Å². The number of ether oxygens (including phenoxy) is 1. The van der Waals surface area contributed by atoms with E-state index in [1.165, 1.54) is 19.2 Å². The maximum atomic E-state index is 13.8. The summed E-state index contributed by atoms with van der Waals surface area (Å²) in [6.07, 6.45) is 2.20. The molecule has 2 N–H and O–H groups in total. The number of hydrogen-bond donors (Lipinski definition) is 2. The molecule has 0 spiro atoms. The van der Waals surface area contributed by atoms with Crippen molar-refractivity contribution in [1.82, 2.24) is 10.6 Å². The SMILES string of the molecule is COc1ccc(C(=O)NC(C)C2CCCNC2)c(F)c1.Cl. The van der Waals surface area contributed by atoms with E-state index < -0.39 is 5.82 Å². The highest BCUT2D eigenvalue weighted by molar-refractivity contribution is 5.94. The van der Waals surface area contributed by atoms with Gasteiger partial charge in [0.25, 0.3) is 5.91 Å². The van der Waals surface area contributed by atoms with Crippen LogP contribution in [-0.2, 0) is 0 Å². The number of methoxy groups -OCH3 is 1. The fourth-order valence-electron chi connectivity index (χ4n) is 2.51. The quantitative estimate of drug-likeness (QED) is 0.896. The zero-order valence-corrected chi connectivity index (χ0v) is 13.1. The molecular weight excluding hydrogens is 295 g/mol. The monoisotopic (exact) mass is 316 g/mol. The minimum atomic E-state index is -0.559. The van der Waals surface area contributed by atoms with Crippen molar-refractivity contribution >= 4 is 18.3 Å². The van der Waals surface area contributed by atoms with Crippen LogP contribution in [0.15, 0.2) is 18.2 Å². The van der Waals surface area contributed by atoms with Crippen molar-refractivity contribution in [3.63, 3.8) is 0 Å². The third-order valence-electron chi connectivity index (χ3n) is 3.82. The second-order valence-electron chi connectivity index (χ2n) is 5.21. The Hall–Kier alpha value is -1.33.